The molecule has 0 fully saturated rings. The molecule has 18 heavy (non-hydrogen) atoms. The van der Waals surface area contributed by atoms with Crippen molar-refractivity contribution in [1.29, 1.82) is 0 Å². The summed E-state index contributed by atoms with van der Waals surface area (Å²) in [6.07, 6.45) is 1.67. The van der Waals surface area contributed by atoms with E-state index in [1.54, 1.807) is 17.9 Å². The molecule has 0 unspecified atom stereocenters. The van der Waals surface area contributed by atoms with Crippen molar-refractivity contribution >= 4 is 21.6 Å². The third kappa shape index (κ3) is 1.69. The van der Waals surface area contributed by atoms with Gasteiger partial charge in [-0.05, 0) is 25.1 Å². The van der Waals surface area contributed by atoms with Crippen molar-refractivity contribution in [3.05, 3.63) is 34.7 Å². The summed E-state index contributed by atoms with van der Waals surface area (Å²) in [4.78, 5) is 8.50. The quantitative estimate of drug-likeness (QED) is 0.730. The van der Waals surface area contributed by atoms with Crippen LogP contribution in [-0.4, -0.2) is 21.7 Å². The molecule has 1 aromatic carbocycles. The first-order valence-electron chi connectivity index (χ1n) is 5.34. The summed E-state index contributed by atoms with van der Waals surface area (Å²) in [5.74, 6) is 1.99. The maximum Gasteiger partial charge on any atom is 0.259 e. The summed E-state index contributed by atoms with van der Waals surface area (Å²) in [5, 5.41) is 0. The molecule has 0 atom stereocenters. The Bertz CT molecular complexity index is 717. The van der Waals surface area contributed by atoms with Crippen molar-refractivity contribution in [1.82, 2.24) is 14.5 Å². The van der Waals surface area contributed by atoms with Crippen molar-refractivity contribution in [2.45, 2.75) is 6.92 Å². The molecule has 0 spiro atoms. The molecule has 0 N–H and O–H groups in total. The lowest BCUT2D eigenvalue weighted by atomic mass is 10.2. The SMILES string of the molecule is COc1cc(Br)ccc1-c1nc2cnc(C)n2o1. The standard InChI is InChI=1S/C12H10BrN3O2/c1-7-14-6-11-15-12(18-16(7)11)9-4-3-8(13)5-10(9)17-2/h3-6H,1-2H3. The van der Waals surface area contributed by atoms with E-state index in [1.165, 1.54) is 0 Å². The second-order valence-corrected chi connectivity index (χ2v) is 4.73. The Morgan fingerprint density at radius 3 is 2.94 bits per heavy atom. The third-order valence-electron chi connectivity index (χ3n) is 2.66. The van der Waals surface area contributed by atoms with E-state index >= 15 is 0 Å². The maximum atomic E-state index is 5.65. The molecule has 6 heteroatoms. The van der Waals surface area contributed by atoms with E-state index in [1.807, 2.05) is 25.1 Å². The van der Waals surface area contributed by atoms with Gasteiger partial charge in [0.2, 0.25) is 0 Å². The first kappa shape index (κ1) is 11.3. The van der Waals surface area contributed by atoms with E-state index in [0.717, 1.165) is 15.9 Å². The molecule has 2 heterocycles. The molecule has 0 bridgehead atoms. The predicted octanol–water partition coefficient (Wildman–Crippen LogP) is 3.07. The van der Waals surface area contributed by atoms with Crippen LogP contribution in [-0.2, 0) is 0 Å². The van der Waals surface area contributed by atoms with Crippen molar-refractivity contribution in [3.63, 3.8) is 0 Å². The number of halogens is 1. The number of hydrogen-bond donors (Lipinski definition) is 0. The Kier molecular flexibility index (Phi) is 2.59. The second kappa shape index (κ2) is 4.13. The van der Waals surface area contributed by atoms with Crippen LogP contribution in [0.1, 0.15) is 5.82 Å². The number of rotatable bonds is 2. The number of aromatic nitrogens is 3. The van der Waals surface area contributed by atoms with Crippen LogP contribution in [0.3, 0.4) is 0 Å². The maximum absolute atomic E-state index is 5.65. The van der Waals surface area contributed by atoms with Crippen molar-refractivity contribution in [2.75, 3.05) is 7.11 Å². The zero-order valence-corrected chi connectivity index (χ0v) is 11.4. The Morgan fingerprint density at radius 2 is 2.22 bits per heavy atom. The Hall–Kier alpha value is -1.82. The van der Waals surface area contributed by atoms with Crippen LogP contribution in [0.2, 0.25) is 0 Å². The number of nitrogens with zero attached hydrogens (tertiary/aromatic N) is 3. The number of methoxy groups -OCH3 is 1. The van der Waals surface area contributed by atoms with Gasteiger partial charge in [0.1, 0.15) is 11.6 Å². The van der Waals surface area contributed by atoms with Gasteiger partial charge in [0.05, 0.1) is 18.9 Å². The monoisotopic (exact) mass is 307 g/mol. The van der Waals surface area contributed by atoms with Crippen LogP contribution in [0.15, 0.2) is 33.4 Å². The fraction of sp³-hybridized carbons (Fsp3) is 0.167. The smallest absolute Gasteiger partial charge is 0.259 e. The third-order valence-corrected chi connectivity index (χ3v) is 3.15. The van der Waals surface area contributed by atoms with Crippen LogP contribution >= 0.6 is 15.9 Å². The molecule has 5 nitrogen and oxygen atoms in total. The van der Waals surface area contributed by atoms with Crippen molar-refractivity contribution in [3.8, 4) is 17.2 Å². The number of hydrogen-bond acceptors (Lipinski definition) is 4. The molecule has 0 aliphatic heterocycles. The molecule has 0 aliphatic rings. The fourth-order valence-electron chi connectivity index (χ4n) is 1.77. The predicted molar refractivity (Wildman–Crippen MR) is 69.7 cm³/mol. The number of ether oxygens (including phenoxy) is 1. The number of imidazole rings is 1. The first-order chi connectivity index (χ1) is 8.69. The van der Waals surface area contributed by atoms with E-state index < -0.39 is 0 Å². The summed E-state index contributed by atoms with van der Waals surface area (Å²) in [6, 6.07) is 5.69. The highest BCUT2D eigenvalue weighted by molar-refractivity contribution is 9.10. The van der Waals surface area contributed by atoms with E-state index in [0.29, 0.717) is 17.3 Å². The van der Waals surface area contributed by atoms with Crippen LogP contribution in [0.4, 0.5) is 0 Å². The Labute approximate surface area is 112 Å². The average Bonchev–Trinajstić information content (AvgIpc) is 2.92. The van der Waals surface area contributed by atoms with Crippen molar-refractivity contribution < 1.29 is 9.26 Å². The van der Waals surface area contributed by atoms with Gasteiger partial charge in [-0.25, -0.2) is 4.98 Å². The number of aryl methyl sites for hydroxylation is 1. The van der Waals surface area contributed by atoms with Crippen molar-refractivity contribution in [2.24, 2.45) is 0 Å². The van der Waals surface area contributed by atoms with Crippen LogP contribution in [0, 0.1) is 6.92 Å². The normalized spacial score (nSPS) is 11.1. The zero-order valence-electron chi connectivity index (χ0n) is 9.85. The molecular weight excluding hydrogens is 298 g/mol. The average molecular weight is 308 g/mol. The molecule has 0 aliphatic carbocycles. The molecule has 0 radical (unpaired) electrons. The van der Waals surface area contributed by atoms with Gasteiger partial charge in [-0.15, -0.1) is 4.57 Å². The number of benzene rings is 1. The fourth-order valence-corrected chi connectivity index (χ4v) is 2.11. The van der Waals surface area contributed by atoms with Gasteiger partial charge >= 0.3 is 0 Å². The highest BCUT2D eigenvalue weighted by atomic mass is 79.9. The largest absolute Gasteiger partial charge is 0.496 e. The summed E-state index contributed by atoms with van der Waals surface area (Å²) in [7, 11) is 1.62. The van der Waals surface area contributed by atoms with E-state index in [-0.39, 0.29) is 0 Å². The van der Waals surface area contributed by atoms with Gasteiger partial charge in [0, 0.05) is 4.47 Å². The van der Waals surface area contributed by atoms with Gasteiger partial charge in [-0.3, -0.25) is 0 Å². The first-order valence-corrected chi connectivity index (χ1v) is 6.13. The molecular formula is C12H10BrN3O2. The lowest BCUT2D eigenvalue weighted by Crippen LogP contribution is -1.88. The lowest BCUT2D eigenvalue weighted by Gasteiger charge is -2.04. The lowest BCUT2D eigenvalue weighted by molar-refractivity contribution is 0.371. The minimum absolute atomic E-state index is 0.514. The second-order valence-electron chi connectivity index (χ2n) is 3.81. The van der Waals surface area contributed by atoms with Crippen LogP contribution in [0.5, 0.6) is 5.75 Å². The summed E-state index contributed by atoms with van der Waals surface area (Å²) in [6.45, 7) is 1.86. The zero-order chi connectivity index (χ0) is 12.7. The van der Waals surface area contributed by atoms with Gasteiger partial charge in [-0.1, -0.05) is 15.9 Å². The molecule has 0 amide bonds. The summed E-state index contributed by atoms with van der Waals surface area (Å²) < 4.78 is 13.5. The van der Waals surface area contributed by atoms with Gasteiger partial charge in [0.25, 0.3) is 5.89 Å². The molecule has 3 rings (SSSR count). The topological polar surface area (TPSA) is 52.6 Å². The molecule has 0 saturated heterocycles. The molecule has 3 aromatic rings. The Morgan fingerprint density at radius 1 is 1.39 bits per heavy atom. The Balaban J connectivity index is 2.19. The minimum atomic E-state index is 0.514. The minimum Gasteiger partial charge on any atom is -0.496 e. The van der Waals surface area contributed by atoms with Gasteiger partial charge < -0.3 is 9.26 Å². The summed E-state index contributed by atoms with van der Waals surface area (Å²) in [5.41, 5.74) is 1.50. The molecule has 2 aromatic heterocycles. The van der Waals surface area contributed by atoms with E-state index in [9.17, 15) is 0 Å². The summed E-state index contributed by atoms with van der Waals surface area (Å²) >= 11 is 3.40. The highest BCUT2D eigenvalue weighted by Gasteiger charge is 2.15. The number of fused-ring (bicyclic) bond motifs is 1. The van der Waals surface area contributed by atoms with Crippen LogP contribution in [0.25, 0.3) is 17.1 Å². The van der Waals surface area contributed by atoms with E-state index in [4.69, 9.17) is 9.26 Å². The molecule has 0 saturated carbocycles. The highest BCUT2D eigenvalue weighted by Crippen LogP contribution is 2.32. The van der Waals surface area contributed by atoms with E-state index in [2.05, 4.69) is 25.9 Å². The molecule has 92 valence electrons. The van der Waals surface area contributed by atoms with Gasteiger partial charge in [0.15, 0.2) is 5.65 Å². The van der Waals surface area contributed by atoms with Gasteiger partial charge in [-0.2, -0.15) is 4.98 Å². The van der Waals surface area contributed by atoms with Crippen LogP contribution < -0.4 is 4.74 Å².